The Morgan fingerprint density at radius 1 is 1.42 bits per heavy atom. The lowest BCUT2D eigenvalue weighted by Gasteiger charge is -2.21. The minimum absolute atomic E-state index is 0.119. The summed E-state index contributed by atoms with van der Waals surface area (Å²) in [5.74, 6) is -0.588. The zero-order chi connectivity index (χ0) is 17.3. The summed E-state index contributed by atoms with van der Waals surface area (Å²) in [6, 6.07) is 2.35. The number of carboxylic acids is 1. The molecule has 0 spiro atoms. The number of pyridine rings is 1. The first-order valence-electron chi connectivity index (χ1n) is 7.33. The topological polar surface area (TPSA) is 119 Å². The molecule has 0 aromatic carbocycles. The molecule has 3 heterocycles. The fourth-order valence-electron chi connectivity index (χ4n) is 2.69. The lowest BCUT2D eigenvalue weighted by Crippen LogP contribution is -2.32. The number of aryl methyl sites for hydroxylation is 1. The number of aromatic carboxylic acids is 1. The van der Waals surface area contributed by atoms with Crippen molar-refractivity contribution in [3.8, 4) is 0 Å². The van der Waals surface area contributed by atoms with Gasteiger partial charge in [-0.2, -0.15) is 4.98 Å². The van der Waals surface area contributed by atoms with Crippen molar-refractivity contribution in [1.82, 2.24) is 20.0 Å². The number of rotatable bonds is 4. The van der Waals surface area contributed by atoms with Crippen molar-refractivity contribution in [3.63, 3.8) is 0 Å². The highest BCUT2D eigenvalue weighted by molar-refractivity contribution is 5.95. The number of hydrogen-bond acceptors (Lipinski definition) is 7. The predicted octanol–water partition coefficient (Wildman–Crippen LogP) is 1.07. The first-order chi connectivity index (χ1) is 11.5. The minimum atomic E-state index is -1.14. The molecule has 9 heteroatoms. The normalized spacial score (nSPS) is 20.3. The summed E-state index contributed by atoms with van der Waals surface area (Å²) in [7, 11) is 1.58. The molecular weight excluding hydrogens is 316 g/mol. The maximum Gasteiger partial charge on any atom is 0.354 e. The van der Waals surface area contributed by atoms with Gasteiger partial charge in [-0.15, -0.1) is 0 Å². The van der Waals surface area contributed by atoms with Gasteiger partial charge in [0.05, 0.1) is 11.7 Å². The SMILES string of the molecule is CO[C@H]1C[C@H](c2nc(C)no2)N(C(=O)c2ccc(C(=O)O)nc2)C1. The second kappa shape index (κ2) is 6.36. The van der Waals surface area contributed by atoms with E-state index in [1.165, 1.54) is 18.3 Å². The van der Waals surface area contributed by atoms with Crippen LogP contribution < -0.4 is 0 Å². The van der Waals surface area contributed by atoms with Gasteiger partial charge in [0.25, 0.3) is 5.91 Å². The number of nitrogens with zero attached hydrogens (tertiary/aromatic N) is 4. The van der Waals surface area contributed by atoms with E-state index in [0.717, 1.165) is 0 Å². The minimum Gasteiger partial charge on any atom is -0.477 e. The van der Waals surface area contributed by atoms with E-state index in [1.54, 1.807) is 18.9 Å². The van der Waals surface area contributed by atoms with E-state index in [2.05, 4.69) is 15.1 Å². The van der Waals surface area contributed by atoms with Crippen LogP contribution in [0.25, 0.3) is 0 Å². The van der Waals surface area contributed by atoms with Gasteiger partial charge in [0.15, 0.2) is 5.82 Å². The zero-order valence-electron chi connectivity index (χ0n) is 13.2. The van der Waals surface area contributed by atoms with E-state index >= 15 is 0 Å². The molecule has 24 heavy (non-hydrogen) atoms. The van der Waals surface area contributed by atoms with Crippen LogP contribution in [0.15, 0.2) is 22.9 Å². The Morgan fingerprint density at radius 2 is 2.21 bits per heavy atom. The fourth-order valence-corrected chi connectivity index (χ4v) is 2.69. The number of carbonyl (C=O) groups is 2. The third-order valence-electron chi connectivity index (χ3n) is 3.91. The van der Waals surface area contributed by atoms with Crippen LogP contribution in [0.5, 0.6) is 0 Å². The van der Waals surface area contributed by atoms with Crippen LogP contribution in [0.4, 0.5) is 0 Å². The predicted molar refractivity (Wildman–Crippen MR) is 79.4 cm³/mol. The summed E-state index contributed by atoms with van der Waals surface area (Å²) in [4.78, 5) is 33.2. The smallest absolute Gasteiger partial charge is 0.354 e. The molecule has 2 aromatic rings. The van der Waals surface area contributed by atoms with Crippen molar-refractivity contribution in [2.24, 2.45) is 0 Å². The molecule has 126 valence electrons. The first kappa shape index (κ1) is 16.1. The van der Waals surface area contributed by atoms with Crippen LogP contribution in [-0.4, -0.2) is 56.8 Å². The fraction of sp³-hybridized carbons (Fsp3) is 0.400. The van der Waals surface area contributed by atoms with E-state index in [0.29, 0.717) is 24.7 Å². The van der Waals surface area contributed by atoms with E-state index in [1.807, 2.05) is 0 Å². The quantitative estimate of drug-likeness (QED) is 0.883. The average molecular weight is 332 g/mol. The van der Waals surface area contributed by atoms with Gasteiger partial charge in [-0.05, 0) is 19.1 Å². The van der Waals surface area contributed by atoms with Gasteiger partial charge in [0.1, 0.15) is 11.7 Å². The van der Waals surface area contributed by atoms with Crippen molar-refractivity contribution < 1.29 is 24.0 Å². The summed E-state index contributed by atoms with van der Waals surface area (Å²) in [5, 5.41) is 12.7. The van der Waals surface area contributed by atoms with Crippen LogP contribution in [0.2, 0.25) is 0 Å². The molecule has 1 aliphatic heterocycles. The highest BCUT2D eigenvalue weighted by Gasteiger charge is 2.40. The highest BCUT2D eigenvalue weighted by Crippen LogP contribution is 2.33. The Morgan fingerprint density at radius 3 is 2.75 bits per heavy atom. The lowest BCUT2D eigenvalue weighted by molar-refractivity contribution is 0.0663. The van der Waals surface area contributed by atoms with Gasteiger partial charge in [-0.3, -0.25) is 4.79 Å². The highest BCUT2D eigenvalue weighted by atomic mass is 16.5. The van der Waals surface area contributed by atoms with E-state index in [-0.39, 0.29) is 29.3 Å². The number of hydrogen-bond donors (Lipinski definition) is 1. The van der Waals surface area contributed by atoms with E-state index in [9.17, 15) is 9.59 Å². The largest absolute Gasteiger partial charge is 0.477 e. The zero-order valence-corrected chi connectivity index (χ0v) is 13.2. The molecule has 0 radical (unpaired) electrons. The van der Waals surface area contributed by atoms with Crippen molar-refractivity contribution in [2.75, 3.05) is 13.7 Å². The Balaban J connectivity index is 1.86. The van der Waals surface area contributed by atoms with E-state index < -0.39 is 5.97 Å². The standard InChI is InChI=1S/C15H16N4O5/c1-8-17-13(24-18-8)12-5-10(23-2)7-19(12)14(20)9-3-4-11(15(21)22)16-6-9/h3-4,6,10,12H,5,7H2,1-2H3,(H,21,22)/t10-,12+/m0/s1. The second-order valence-electron chi connectivity index (χ2n) is 5.48. The van der Waals surface area contributed by atoms with Crippen LogP contribution in [0, 0.1) is 6.92 Å². The number of methoxy groups -OCH3 is 1. The maximum atomic E-state index is 12.8. The molecule has 1 aliphatic rings. The van der Waals surface area contributed by atoms with Gasteiger partial charge >= 0.3 is 5.97 Å². The molecule has 1 fully saturated rings. The molecule has 9 nitrogen and oxygen atoms in total. The van der Waals surface area contributed by atoms with Crippen LogP contribution in [0.1, 0.15) is 45.0 Å². The van der Waals surface area contributed by atoms with Crippen molar-refractivity contribution >= 4 is 11.9 Å². The monoisotopic (exact) mass is 332 g/mol. The van der Waals surface area contributed by atoms with Gasteiger partial charge < -0.3 is 19.3 Å². The number of aromatic nitrogens is 3. The molecule has 3 rings (SSSR count). The van der Waals surface area contributed by atoms with Gasteiger partial charge in [0.2, 0.25) is 5.89 Å². The average Bonchev–Trinajstić information content (AvgIpc) is 3.20. The molecule has 2 atom stereocenters. The molecule has 0 bridgehead atoms. The van der Waals surface area contributed by atoms with Gasteiger partial charge in [0, 0.05) is 26.3 Å². The van der Waals surface area contributed by atoms with Crippen LogP contribution >= 0.6 is 0 Å². The Hall–Kier alpha value is -2.81. The number of carbonyl (C=O) groups excluding carboxylic acids is 1. The van der Waals surface area contributed by atoms with Gasteiger partial charge in [-0.1, -0.05) is 5.16 Å². The van der Waals surface area contributed by atoms with Crippen molar-refractivity contribution in [2.45, 2.75) is 25.5 Å². The second-order valence-corrected chi connectivity index (χ2v) is 5.48. The summed E-state index contributed by atoms with van der Waals surface area (Å²) in [5.41, 5.74) is 0.171. The molecule has 1 saturated heterocycles. The third kappa shape index (κ3) is 2.98. The maximum absolute atomic E-state index is 12.8. The Labute approximate surface area is 137 Å². The summed E-state index contributed by atoms with van der Waals surface area (Å²) >= 11 is 0. The number of likely N-dealkylation sites (tertiary alicyclic amines) is 1. The van der Waals surface area contributed by atoms with Crippen molar-refractivity contribution in [3.05, 3.63) is 41.3 Å². The molecule has 2 aromatic heterocycles. The molecular formula is C15H16N4O5. The summed E-state index contributed by atoms with van der Waals surface area (Å²) in [6.07, 6.45) is 1.66. The molecule has 1 amide bonds. The lowest BCUT2D eigenvalue weighted by atomic mass is 10.1. The Kier molecular flexibility index (Phi) is 4.26. The van der Waals surface area contributed by atoms with Crippen LogP contribution in [-0.2, 0) is 4.74 Å². The van der Waals surface area contributed by atoms with Crippen molar-refractivity contribution in [1.29, 1.82) is 0 Å². The van der Waals surface area contributed by atoms with E-state index in [4.69, 9.17) is 14.4 Å². The van der Waals surface area contributed by atoms with Crippen LogP contribution in [0.3, 0.4) is 0 Å². The Bertz CT molecular complexity index is 757. The number of carboxylic acid groups (broad SMARTS) is 1. The first-order valence-corrected chi connectivity index (χ1v) is 7.33. The third-order valence-corrected chi connectivity index (χ3v) is 3.91. The number of amides is 1. The van der Waals surface area contributed by atoms with Gasteiger partial charge in [-0.25, -0.2) is 9.78 Å². The summed E-state index contributed by atoms with van der Waals surface area (Å²) in [6.45, 7) is 2.08. The number of ether oxygens (including phenoxy) is 1. The summed E-state index contributed by atoms with van der Waals surface area (Å²) < 4.78 is 10.6. The molecule has 1 N–H and O–H groups in total. The molecule has 0 unspecified atom stereocenters. The molecule has 0 saturated carbocycles. The molecule has 0 aliphatic carbocycles.